The minimum absolute atomic E-state index is 0.465. The van der Waals surface area contributed by atoms with Crippen LogP contribution < -0.4 is 5.43 Å². The third kappa shape index (κ3) is 1.27. The molecule has 0 amide bonds. The first-order chi connectivity index (χ1) is 4.22. The first kappa shape index (κ1) is 6.68. The Morgan fingerprint density at radius 3 is 2.56 bits per heavy atom. The van der Waals surface area contributed by atoms with Gasteiger partial charge in [-0.3, -0.25) is 0 Å². The second-order valence-electron chi connectivity index (χ2n) is 2.41. The number of hydrogen-bond acceptors (Lipinski definition) is 3. The van der Waals surface area contributed by atoms with Crippen molar-refractivity contribution in [3.63, 3.8) is 0 Å². The molecule has 0 aromatic heterocycles. The molecule has 0 aliphatic carbocycles. The highest BCUT2D eigenvalue weighted by atomic mass is 32.1. The van der Waals surface area contributed by atoms with Crippen molar-refractivity contribution in [2.24, 2.45) is 11.0 Å². The standard InChI is InChI=1S/C6H10N2S/c1-4(2)6-5(9)3-7-8-6/h4,7H,3H2,1-2H3. The summed E-state index contributed by atoms with van der Waals surface area (Å²) >= 11 is 5.02. The highest BCUT2D eigenvalue weighted by molar-refractivity contribution is 7.82. The van der Waals surface area contributed by atoms with E-state index in [2.05, 4.69) is 24.4 Å². The van der Waals surface area contributed by atoms with Gasteiger partial charge in [0.25, 0.3) is 0 Å². The Morgan fingerprint density at radius 1 is 1.67 bits per heavy atom. The predicted octanol–water partition coefficient (Wildman–Crippen LogP) is 0.972. The van der Waals surface area contributed by atoms with E-state index < -0.39 is 0 Å². The van der Waals surface area contributed by atoms with Crippen LogP contribution in [-0.4, -0.2) is 17.1 Å². The Morgan fingerprint density at radius 2 is 2.33 bits per heavy atom. The maximum atomic E-state index is 5.02. The lowest BCUT2D eigenvalue weighted by Gasteiger charge is -2.00. The lowest BCUT2D eigenvalue weighted by Crippen LogP contribution is -2.16. The van der Waals surface area contributed by atoms with Crippen LogP contribution in [0.25, 0.3) is 0 Å². The van der Waals surface area contributed by atoms with Gasteiger partial charge in [-0.1, -0.05) is 26.1 Å². The van der Waals surface area contributed by atoms with Crippen LogP contribution in [0, 0.1) is 5.92 Å². The van der Waals surface area contributed by atoms with Crippen LogP contribution in [0.2, 0.25) is 0 Å². The maximum absolute atomic E-state index is 5.02. The molecule has 0 aromatic carbocycles. The Labute approximate surface area is 60.3 Å². The van der Waals surface area contributed by atoms with Crippen LogP contribution in [0.4, 0.5) is 0 Å². The summed E-state index contributed by atoms with van der Waals surface area (Å²) in [5.41, 5.74) is 3.90. The first-order valence-electron chi connectivity index (χ1n) is 3.05. The van der Waals surface area contributed by atoms with Gasteiger partial charge in [0.05, 0.1) is 17.1 Å². The quantitative estimate of drug-likeness (QED) is 0.552. The van der Waals surface area contributed by atoms with Crippen molar-refractivity contribution in [1.82, 2.24) is 5.43 Å². The number of hydrazone groups is 1. The van der Waals surface area contributed by atoms with Crippen LogP contribution in [0.5, 0.6) is 0 Å². The van der Waals surface area contributed by atoms with Gasteiger partial charge >= 0.3 is 0 Å². The molecule has 0 saturated carbocycles. The van der Waals surface area contributed by atoms with Gasteiger partial charge in [-0.15, -0.1) is 0 Å². The molecule has 1 N–H and O–H groups in total. The monoisotopic (exact) mass is 142 g/mol. The van der Waals surface area contributed by atoms with E-state index in [1.54, 1.807) is 0 Å². The van der Waals surface area contributed by atoms with E-state index >= 15 is 0 Å². The number of thiocarbonyl (C=S) groups is 1. The Balaban J connectivity index is 2.68. The summed E-state index contributed by atoms with van der Waals surface area (Å²) in [6, 6.07) is 0. The number of rotatable bonds is 1. The summed E-state index contributed by atoms with van der Waals surface area (Å²) in [5, 5.41) is 4.04. The minimum Gasteiger partial charge on any atom is -0.304 e. The first-order valence-corrected chi connectivity index (χ1v) is 3.46. The van der Waals surface area contributed by atoms with Crippen molar-refractivity contribution in [3.8, 4) is 0 Å². The summed E-state index contributed by atoms with van der Waals surface area (Å²) < 4.78 is 0. The average Bonchev–Trinajstić information content (AvgIpc) is 2.13. The molecule has 9 heavy (non-hydrogen) atoms. The SMILES string of the molecule is CC(C)C1=NNCC1=S. The van der Waals surface area contributed by atoms with Gasteiger partial charge < -0.3 is 5.43 Å². The molecule has 50 valence electrons. The molecule has 0 spiro atoms. The predicted molar refractivity (Wildman–Crippen MR) is 42.9 cm³/mol. The lowest BCUT2D eigenvalue weighted by molar-refractivity contribution is 0.846. The second kappa shape index (κ2) is 2.43. The van der Waals surface area contributed by atoms with Gasteiger partial charge in [0.15, 0.2) is 0 Å². The smallest absolute Gasteiger partial charge is 0.0786 e. The number of hydrogen-bond donors (Lipinski definition) is 1. The van der Waals surface area contributed by atoms with Crippen LogP contribution in [0.3, 0.4) is 0 Å². The second-order valence-corrected chi connectivity index (χ2v) is 2.90. The normalized spacial score (nSPS) is 18.1. The molecule has 0 radical (unpaired) electrons. The molecule has 0 bridgehead atoms. The number of nitrogens with one attached hydrogen (secondary N) is 1. The molecule has 1 heterocycles. The van der Waals surface area contributed by atoms with Gasteiger partial charge in [0.2, 0.25) is 0 Å². The highest BCUT2D eigenvalue weighted by Crippen LogP contribution is 2.02. The summed E-state index contributed by atoms with van der Waals surface area (Å²) in [5.74, 6) is 0.465. The molecular formula is C6H10N2S. The van der Waals surface area contributed by atoms with Crippen molar-refractivity contribution in [2.75, 3.05) is 6.54 Å². The average molecular weight is 142 g/mol. The summed E-state index contributed by atoms with van der Waals surface area (Å²) in [6.07, 6.45) is 0. The third-order valence-corrected chi connectivity index (χ3v) is 1.63. The van der Waals surface area contributed by atoms with Crippen LogP contribution in [0.1, 0.15) is 13.8 Å². The highest BCUT2D eigenvalue weighted by Gasteiger charge is 2.15. The van der Waals surface area contributed by atoms with Crippen LogP contribution in [0.15, 0.2) is 5.10 Å². The third-order valence-electron chi connectivity index (χ3n) is 1.27. The fourth-order valence-electron chi connectivity index (χ4n) is 0.800. The van der Waals surface area contributed by atoms with E-state index in [4.69, 9.17) is 12.2 Å². The van der Waals surface area contributed by atoms with E-state index in [9.17, 15) is 0 Å². The Hall–Kier alpha value is -0.440. The lowest BCUT2D eigenvalue weighted by atomic mass is 10.1. The molecule has 2 nitrogen and oxygen atoms in total. The van der Waals surface area contributed by atoms with E-state index in [1.807, 2.05) is 0 Å². The molecule has 3 heteroatoms. The summed E-state index contributed by atoms with van der Waals surface area (Å²) in [7, 11) is 0. The van der Waals surface area contributed by atoms with E-state index in [0.29, 0.717) is 5.92 Å². The Kier molecular flexibility index (Phi) is 1.81. The number of nitrogens with zero attached hydrogens (tertiary/aromatic N) is 1. The molecule has 1 aliphatic heterocycles. The molecule has 0 aromatic rings. The van der Waals surface area contributed by atoms with Crippen molar-refractivity contribution in [2.45, 2.75) is 13.8 Å². The largest absolute Gasteiger partial charge is 0.304 e. The van der Waals surface area contributed by atoms with E-state index in [1.165, 1.54) is 0 Å². The summed E-state index contributed by atoms with van der Waals surface area (Å²) in [6.45, 7) is 4.94. The summed E-state index contributed by atoms with van der Waals surface area (Å²) in [4.78, 5) is 0.963. The molecule has 1 rings (SSSR count). The molecule has 0 unspecified atom stereocenters. The van der Waals surface area contributed by atoms with E-state index in [-0.39, 0.29) is 0 Å². The van der Waals surface area contributed by atoms with Crippen molar-refractivity contribution in [3.05, 3.63) is 0 Å². The fourth-order valence-corrected chi connectivity index (χ4v) is 1.15. The molecule has 0 fully saturated rings. The molecule has 0 saturated heterocycles. The van der Waals surface area contributed by atoms with Crippen molar-refractivity contribution >= 4 is 22.8 Å². The topological polar surface area (TPSA) is 24.4 Å². The molecule has 1 aliphatic rings. The molecule has 0 atom stereocenters. The van der Waals surface area contributed by atoms with Crippen LogP contribution in [-0.2, 0) is 0 Å². The zero-order chi connectivity index (χ0) is 6.85. The molecular weight excluding hydrogens is 132 g/mol. The fraction of sp³-hybridized carbons (Fsp3) is 0.667. The maximum Gasteiger partial charge on any atom is 0.0786 e. The van der Waals surface area contributed by atoms with Gasteiger partial charge in [-0.2, -0.15) is 5.10 Å². The van der Waals surface area contributed by atoms with Gasteiger partial charge in [-0.25, -0.2) is 0 Å². The van der Waals surface area contributed by atoms with Crippen molar-refractivity contribution in [1.29, 1.82) is 0 Å². The minimum atomic E-state index is 0.465. The van der Waals surface area contributed by atoms with Crippen LogP contribution >= 0.6 is 12.2 Å². The van der Waals surface area contributed by atoms with E-state index in [0.717, 1.165) is 17.1 Å². The zero-order valence-electron chi connectivity index (χ0n) is 5.64. The Bertz CT molecular complexity index is 160. The van der Waals surface area contributed by atoms with Gasteiger partial charge in [0, 0.05) is 0 Å². The van der Waals surface area contributed by atoms with Crippen molar-refractivity contribution < 1.29 is 0 Å². The zero-order valence-corrected chi connectivity index (χ0v) is 6.46. The van der Waals surface area contributed by atoms with Gasteiger partial charge in [-0.05, 0) is 5.92 Å². The van der Waals surface area contributed by atoms with Gasteiger partial charge in [0.1, 0.15) is 0 Å².